The topological polar surface area (TPSA) is 72.2 Å². The van der Waals surface area contributed by atoms with Crippen molar-refractivity contribution in [2.45, 2.75) is 38.0 Å². The van der Waals surface area contributed by atoms with Gasteiger partial charge in [-0.25, -0.2) is 0 Å². The van der Waals surface area contributed by atoms with Crippen molar-refractivity contribution in [2.24, 2.45) is 5.73 Å². The molecule has 0 fully saturated rings. The molecule has 6 heteroatoms. The molecular formula is C12H15ClN2O2S. The molecule has 0 saturated heterocycles. The minimum absolute atomic E-state index is 0.308. The summed E-state index contributed by atoms with van der Waals surface area (Å²) in [7, 11) is 0. The van der Waals surface area contributed by atoms with Crippen LogP contribution in [0.2, 0.25) is 0 Å². The molecule has 1 aromatic rings. The molecule has 0 bridgehead atoms. The summed E-state index contributed by atoms with van der Waals surface area (Å²) in [6.07, 6.45) is 3.98. The number of nitrogens with two attached hydrogens (primary N) is 1. The molecule has 0 saturated carbocycles. The zero-order chi connectivity index (χ0) is 13.3. The molecule has 0 unspecified atom stereocenters. The Labute approximate surface area is 115 Å². The Morgan fingerprint density at radius 3 is 2.67 bits per heavy atom. The van der Waals surface area contributed by atoms with Crippen molar-refractivity contribution >= 4 is 39.8 Å². The number of amides is 2. The molecule has 0 aliphatic heterocycles. The van der Waals surface area contributed by atoms with Gasteiger partial charge in [-0.05, 0) is 38.2 Å². The quantitative estimate of drug-likeness (QED) is 0.837. The molecule has 98 valence electrons. The zero-order valence-corrected chi connectivity index (χ0v) is 11.7. The average Bonchev–Trinajstić information content (AvgIpc) is 2.66. The molecule has 1 atom stereocenters. The predicted molar refractivity (Wildman–Crippen MR) is 73.4 cm³/mol. The third-order valence-electron chi connectivity index (χ3n) is 3.02. The Morgan fingerprint density at radius 2 is 2.06 bits per heavy atom. The number of nitrogens with one attached hydrogen (secondary N) is 1. The van der Waals surface area contributed by atoms with E-state index in [0.29, 0.717) is 10.6 Å². The number of halogens is 1. The smallest absolute Gasteiger partial charge is 0.251 e. The fraction of sp³-hybridized carbons (Fsp3) is 0.500. The Balaban J connectivity index is 2.37. The summed E-state index contributed by atoms with van der Waals surface area (Å²) >= 11 is 7.16. The van der Waals surface area contributed by atoms with Crippen LogP contribution in [0.15, 0.2) is 0 Å². The summed E-state index contributed by atoms with van der Waals surface area (Å²) in [4.78, 5) is 24.3. The monoisotopic (exact) mass is 286 g/mol. The fourth-order valence-electron chi connectivity index (χ4n) is 2.13. The van der Waals surface area contributed by atoms with Crippen molar-refractivity contribution in [3.63, 3.8) is 0 Å². The van der Waals surface area contributed by atoms with Gasteiger partial charge in [0.1, 0.15) is 10.4 Å². The van der Waals surface area contributed by atoms with Crippen LogP contribution in [0.3, 0.4) is 0 Å². The van der Waals surface area contributed by atoms with Gasteiger partial charge in [-0.2, -0.15) is 0 Å². The van der Waals surface area contributed by atoms with Crippen LogP contribution >= 0.6 is 22.9 Å². The first-order valence-electron chi connectivity index (χ1n) is 5.90. The van der Waals surface area contributed by atoms with Crippen LogP contribution in [0.4, 0.5) is 5.00 Å². The van der Waals surface area contributed by atoms with E-state index in [0.717, 1.165) is 36.1 Å². The number of rotatable bonds is 3. The molecule has 2 rings (SSSR count). The van der Waals surface area contributed by atoms with E-state index in [1.54, 1.807) is 6.92 Å². The van der Waals surface area contributed by atoms with Gasteiger partial charge < -0.3 is 11.1 Å². The van der Waals surface area contributed by atoms with Crippen LogP contribution < -0.4 is 11.1 Å². The normalized spacial score (nSPS) is 15.9. The van der Waals surface area contributed by atoms with E-state index in [1.807, 2.05) is 0 Å². The first kappa shape index (κ1) is 13.4. The lowest BCUT2D eigenvalue weighted by molar-refractivity contribution is -0.115. The highest BCUT2D eigenvalue weighted by Crippen LogP contribution is 2.37. The molecule has 0 spiro atoms. The molecule has 2 amide bonds. The summed E-state index contributed by atoms with van der Waals surface area (Å²) < 4.78 is 0. The molecule has 0 aromatic carbocycles. The van der Waals surface area contributed by atoms with Gasteiger partial charge in [-0.1, -0.05) is 0 Å². The molecule has 3 N–H and O–H groups in total. The lowest BCUT2D eigenvalue weighted by Gasteiger charge is -2.11. The Bertz CT molecular complexity index is 497. The van der Waals surface area contributed by atoms with Gasteiger partial charge in [0.05, 0.1) is 5.56 Å². The van der Waals surface area contributed by atoms with Crippen molar-refractivity contribution in [3.05, 3.63) is 16.0 Å². The van der Waals surface area contributed by atoms with Crippen molar-refractivity contribution in [1.29, 1.82) is 0 Å². The molecule has 4 nitrogen and oxygen atoms in total. The Morgan fingerprint density at radius 1 is 1.39 bits per heavy atom. The third kappa shape index (κ3) is 2.52. The second kappa shape index (κ2) is 5.28. The van der Waals surface area contributed by atoms with Gasteiger partial charge >= 0.3 is 0 Å². The summed E-state index contributed by atoms with van der Waals surface area (Å²) in [6, 6.07) is 0. The fourth-order valence-corrected chi connectivity index (χ4v) is 3.48. The predicted octanol–water partition coefficient (Wildman–Crippen LogP) is 2.29. The molecule has 18 heavy (non-hydrogen) atoms. The molecule has 1 aliphatic rings. The number of carbonyl (C=O) groups is 2. The molecular weight excluding hydrogens is 272 g/mol. The molecule has 1 aliphatic carbocycles. The second-order valence-corrected chi connectivity index (χ2v) is 6.14. The van der Waals surface area contributed by atoms with Crippen LogP contribution in [0.25, 0.3) is 0 Å². The Hall–Kier alpha value is -1.07. The van der Waals surface area contributed by atoms with E-state index in [9.17, 15) is 9.59 Å². The maximum Gasteiger partial charge on any atom is 0.251 e. The van der Waals surface area contributed by atoms with Gasteiger partial charge in [0.2, 0.25) is 5.91 Å². The van der Waals surface area contributed by atoms with Crippen molar-refractivity contribution < 1.29 is 9.59 Å². The number of carbonyl (C=O) groups excluding carboxylic acids is 2. The molecule has 0 radical (unpaired) electrons. The SMILES string of the molecule is C[C@H](Cl)C(=O)Nc1sc2c(c1C(N)=O)CCCC2. The van der Waals surface area contributed by atoms with E-state index < -0.39 is 11.3 Å². The second-order valence-electron chi connectivity index (χ2n) is 4.38. The summed E-state index contributed by atoms with van der Waals surface area (Å²) in [5, 5.41) is 2.61. The zero-order valence-electron chi connectivity index (χ0n) is 10.1. The minimum Gasteiger partial charge on any atom is -0.365 e. The summed E-state index contributed by atoms with van der Waals surface area (Å²) in [5.74, 6) is -0.787. The largest absolute Gasteiger partial charge is 0.365 e. The van der Waals surface area contributed by atoms with Crippen LogP contribution in [-0.2, 0) is 17.6 Å². The van der Waals surface area contributed by atoms with E-state index in [1.165, 1.54) is 11.3 Å². The van der Waals surface area contributed by atoms with E-state index >= 15 is 0 Å². The van der Waals surface area contributed by atoms with Gasteiger partial charge in [0.15, 0.2) is 0 Å². The highest BCUT2D eigenvalue weighted by atomic mass is 35.5. The van der Waals surface area contributed by atoms with Crippen LogP contribution in [0, 0.1) is 0 Å². The molecule has 1 aromatic heterocycles. The number of hydrogen-bond acceptors (Lipinski definition) is 3. The summed E-state index contributed by atoms with van der Waals surface area (Å²) in [6.45, 7) is 1.59. The van der Waals surface area contributed by atoms with Gasteiger partial charge in [0.25, 0.3) is 5.91 Å². The first-order valence-corrected chi connectivity index (χ1v) is 7.15. The number of aryl methyl sites for hydroxylation is 1. The number of hydrogen-bond donors (Lipinski definition) is 2. The highest BCUT2D eigenvalue weighted by molar-refractivity contribution is 7.17. The number of fused-ring (bicyclic) bond motifs is 1. The maximum absolute atomic E-state index is 11.6. The standard InChI is InChI=1S/C12H15ClN2O2S/c1-6(13)11(17)15-12-9(10(14)16)7-4-2-3-5-8(7)18-12/h6H,2-5H2,1H3,(H2,14,16)(H,15,17)/t6-/m0/s1. The van der Waals surface area contributed by atoms with Crippen molar-refractivity contribution in [2.75, 3.05) is 5.32 Å². The molecule has 1 heterocycles. The first-order chi connectivity index (χ1) is 8.50. The van der Waals surface area contributed by atoms with Crippen LogP contribution in [0.5, 0.6) is 0 Å². The van der Waals surface area contributed by atoms with E-state index in [4.69, 9.17) is 17.3 Å². The number of primary amides is 1. The summed E-state index contributed by atoms with van der Waals surface area (Å²) in [5.41, 5.74) is 6.90. The van der Waals surface area contributed by atoms with Gasteiger partial charge in [-0.15, -0.1) is 22.9 Å². The number of thiophene rings is 1. The van der Waals surface area contributed by atoms with Crippen LogP contribution in [-0.4, -0.2) is 17.2 Å². The van der Waals surface area contributed by atoms with Gasteiger partial charge in [0, 0.05) is 4.88 Å². The van der Waals surface area contributed by atoms with Gasteiger partial charge in [-0.3, -0.25) is 9.59 Å². The van der Waals surface area contributed by atoms with E-state index in [-0.39, 0.29) is 5.91 Å². The lowest BCUT2D eigenvalue weighted by atomic mass is 9.95. The minimum atomic E-state index is -0.634. The van der Waals surface area contributed by atoms with E-state index in [2.05, 4.69) is 5.32 Å². The Kier molecular flexibility index (Phi) is 3.92. The van der Waals surface area contributed by atoms with Crippen LogP contribution in [0.1, 0.15) is 40.6 Å². The number of alkyl halides is 1. The maximum atomic E-state index is 11.6. The van der Waals surface area contributed by atoms with Crippen molar-refractivity contribution in [1.82, 2.24) is 0 Å². The third-order valence-corrected chi connectivity index (χ3v) is 4.42. The average molecular weight is 287 g/mol. The lowest BCUT2D eigenvalue weighted by Crippen LogP contribution is -2.22. The number of anilines is 1. The highest BCUT2D eigenvalue weighted by Gasteiger charge is 2.25. The van der Waals surface area contributed by atoms with Crippen molar-refractivity contribution in [3.8, 4) is 0 Å².